The van der Waals surface area contributed by atoms with Crippen LogP contribution in [0.2, 0.25) is 5.02 Å². The number of aliphatic hydroxyl groups excluding tert-OH is 1. The molecular formula is C27H26ClN7O2. The summed E-state index contributed by atoms with van der Waals surface area (Å²) in [5.74, 6) is 1.15. The van der Waals surface area contributed by atoms with Gasteiger partial charge in [0.25, 0.3) is 0 Å². The molecule has 9 nitrogen and oxygen atoms in total. The lowest BCUT2D eigenvalue weighted by molar-refractivity contribution is 0.152. The number of aryl methyl sites for hydroxylation is 1. The van der Waals surface area contributed by atoms with E-state index in [0.717, 1.165) is 33.2 Å². The zero-order valence-corrected chi connectivity index (χ0v) is 21.4. The maximum absolute atomic E-state index is 11.9. The SMILES string of the molecule is Cn1cc(-c2ccc3nc(-c4cnn(C(C)(C)CO)c4)nc(NCc4cncc(Cl)c4)c3c2)ccc1=O. The maximum atomic E-state index is 11.9. The number of nitrogens with zero attached hydrogens (tertiary/aromatic N) is 6. The molecule has 5 aromatic rings. The molecule has 0 aliphatic rings. The van der Waals surface area contributed by atoms with Crippen LogP contribution in [0.3, 0.4) is 0 Å². The van der Waals surface area contributed by atoms with Crippen molar-refractivity contribution in [3.8, 4) is 22.5 Å². The fourth-order valence-corrected chi connectivity index (χ4v) is 4.11. The molecule has 0 bridgehead atoms. The van der Waals surface area contributed by atoms with E-state index >= 15 is 0 Å². The van der Waals surface area contributed by atoms with E-state index < -0.39 is 5.54 Å². The third kappa shape index (κ3) is 5.09. The highest BCUT2D eigenvalue weighted by Crippen LogP contribution is 2.30. The largest absolute Gasteiger partial charge is 0.394 e. The Kier molecular flexibility index (Phi) is 6.49. The Morgan fingerprint density at radius 1 is 1.00 bits per heavy atom. The van der Waals surface area contributed by atoms with Gasteiger partial charge in [-0.05, 0) is 54.8 Å². The van der Waals surface area contributed by atoms with Crippen LogP contribution < -0.4 is 10.9 Å². The van der Waals surface area contributed by atoms with Crippen LogP contribution in [0.15, 0.2) is 72.2 Å². The minimum Gasteiger partial charge on any atom is -0.394 e. The molecule has 0 atom stereocenters. The second-order valence-corrected chi connectivity index (χ2v) is 9.94. The molecule has 10 heteroatoms. The highest BCUT2D eigenvalue weighted by atomic mass is 35.5. The number of hydrogen-bond acceptors (Lipinski definition) is 7. The van der Waals surface area contributed by atoms with Gasteiger partial charge in [-0.1, -0.05) is 17.7 Å². The van der Waals surface area contributed by atoms with E-state index in [9.17, 15) is 9.90 Å². The van der Waals surface area contributed by atoms with Gasteiger partial charge in [0, 0.05) is 49.8 Å². The van der Waals surface area contributed by atoms with Crippen LogP contribution >= 0.6 is 11.6 Å². The molecule has 0 radical (unpaired) electrons. The first kappa shape index (κ1) is 24.6. The van der Waals surface area contributed by atoms with Gasteiger partial charge in [-0.2, -0.15) is 5.10 Å². The molecule has 0 amide bonds. The Labute approximate surface area is 218 Å². The van der Waals surface area contributed by atoms with Crippen molar-refractivity contribution in [3.63, 3.8) is 0 Å². The summed E-state index contributed by atoms with van der Waals surface area (Å²) in [6, 6.07) is 11.1. The van der Waals surface area contributed by atoms with Gasteiger partial charge >= 0.3 is 0 Å². The van der Waals surface area contributed by atoms with Crippen LogP contribution in [0.25, 0.3) is 33.4 Å². The smallest absolute Gasteiger partial charge is 0.250 e. The van der Waals surface area contributed by atoms with Gasteiger partial charge in [-0.3, -0.25) is 14.5 Å². The standard InChI is InChI=1S/C27H26ClN7O2/c1-27(2,16-36)35-15-20(12-31-35)25-32-23-6-4-18(19-5-7-24(37)34(3)14-19)9-22(23)26(33-25)30-11-17-8-21(28)13-29-10-17/h4-10,12-15,36H,11,16H2,1-3H3,(H,30,32,33). The van der Waals surface area contributed by atoms with Crippen molar-refractivity contribution >= 4 is 28.3 Å². The third-order valence-electron chi connectivity index (χ3n) is 6.18. The molecule has 0 unspecified atom stereocenters. The molecule has 1 aromatic carbocycles. The molecule has 4 aromatic heterocycles. The van der Waals surface area contributed by atoms with Crippen molar-refractivity contribution in [1.82, 2.24) is 29.3 Å². The molecule has 4 heterocycles. The summed E-state index contributed by atoms with van der Waals surface area (Å²) in [6.45, 7) is 4.21. The first-order chi connectivity index (χ1) is 17.7. The Balaban J connectivity index is 1.60. The van der Waals surface area contributed by atoms with E-state index in [2.05, 4.69) is 15.4 Å². The lowest BCUT2D eigenvalue weighted by atomic mass is 10.0. The van der Waals surface area contributed by atoms with Crippen molar-refractivity contribution in [2.45, 2.75) is 25.9 Å². The Morgan fingerprint density at radius 3 is 2.57 bits per heavy atom. The first-order valence-electron chi connectivity index (χ1n) is 11.7. The molecule has 5 rings (SSSR count). The average Bonchev–Trinajstić information content (AvgIpc) is 3.40. The van der Waals surface area contributed by atoms with Crippen molar-refractivity contribution in [3.05, 3.63) is 88.3 Å². The maximum Gasteiger partial charge on any atom is 0.250 e. The predicted molar refractivity (Wildman–Crippen MR) is 144 cm³/mol. The quantitative estimate of drug-likeness (QED) is 0.333. The summed E-state index contributed by atoms with van der Waals surface area (Å²) in [7, 11) is 1.73. The van der Waals surface area contributed by atoms with Crippen LogP contribution in [0.4, 0.5) is 5.82 Å². The predicted octanol–water partition coefficient (Wildman–Crippen LogP) is 4.25. The first-order valence-corrected chi connectivity index (χ1v) is 12.1. The number of pyridine rings is 2. The second kappa shape index (κ2) is 9.76. The van der Waals surface area contributed by atoms with Gasteiger partial charge in [0.15, 0.2) is 5.82 Å². The zero-order valence-electron chi connectivity index (χ0n) is 20.7. The number of anilines is 1. The van der Waals surface area contributed by atoms with E-state index in [4.69, 9.17) is 21.6 Å². The average molecular weight is 516 g/mol. The molecule has 188 valence electrons. The molecule has 0 saturated heterocycles. The number of fused-ring (bicyclic) bond motifs is 1. The summed E-state index contributed by atoms with van der Waals surface area (Å²) in [5.41, 5.74) is 3.61. The van der Waals surface area contributed by atoms with Gasteiger partial charge in [0.05, 0.1) is 34.4 Å². The number of aromatic nitrogens is 6. The minimum atomic E-state index is -0.555. The van der Waals surface area contributed by atoms with Crippen molar-refractivity contribution < 1.29 is 5.11 Å². The molecule has 0 spiro atoms. The molecule has 0 saturated carbocycles. The highest BCUT2D eigenvalue weighted by Gasteiger charge is 2.21. The van der Waals surface area contributed by atoms with E-state index in [0.29, 0.717) is 23.2 Å². The second-order valence-electron chi connectivity index (χ2n) is 9.50. The van der Waals surface area contributed by atoms with Crippen LogP contribution in [0.5, 0.6) is 0 Å². The van der Waals surface area contributed by atoms with Gasteiger partial charge < -0.3 is 15.0 Å². The van der Waals surface area contributed by atoms with Crippen LogP contribution in [0, 0.1) is 0 Å². The normalized spacial score (nSPS) is 11.7. The summed E-state index contributed by atoms with van der Waals surface area (Å²) in [6.07, 6.45) is 8.68. The molecule has 0 fully saturated rings. The van der Waals surface area contributed by atoms with Crippen LogP contribution in [-0.4, -0.2) is 41.0 Å². The zero-order chi connectivity index (χ0) is 26.2. The molecule has 0 aliphatic heterocycles. The minimum absolute atomic E-state index is 0.0545. The Bertz CT molecular complexity index is 1660. The van der Waals surface area contributed by atoms with Crippen LogP contribution in [0.1, 0.15) is 19.4 Å². The molecule has 2 N–H and O–H groups in total. The topological polar surface area (TPSA) is 111 Å². The number of benzene rings is 1. The van der Waals surface area contributed by atoms with Gasteiger partial charge in [0.2, 0.25) is 5.56 Å². The van der Waals surface area contributed by atoms with E-state index in [-0.39, 0.29) is 12.2 Å². The van der Waals surface area contributed by atoms with Gasteiger partial charge in [-0.15, -0.1) is 0 Å². The number of hydrogen-bond donors (Lipinski definition) is 2. The van der Waals surface area contributed by atoms with Gasteiger partial charge in [0.1, 0.15) is 5.82 Å². The number of aliphatic hydroxyl groups is 1. The molecule has 0 aliphatic carbocycles. The van der Waals surface area contributed by atoms with Crippen molar-refractivity contribution in [2.24, 2.45) is 7.05 Å². The summed E-state index contributed by atoms with van der Waals surface area (Å²) in [5, 5.41) is 19.0. The summed E-state index contributed by atoms with van der Waals surface area (Å²) < 4.78 is 3.26. The fourth-order valence-electron chi connectivity index (χ4n) is 3.92. The van der Waals surface area contributed by atoms with Crippen molar-refractivity contribution in [2.75, 3.05) is 11.9 Å². The van der Waals surface area contributed by atoms with Gasteiger partial charge in [-0.25, -0.2) is 9.97 Å². The van der Waals surface area contributed by atoms with Crippen molar-refractivity contribution in [1.29, 1.82) is 0 Å². The Hall–Kier alpha value is -4.08. The summed E-state index contributed by atoms with van der Waals surface area (Å²) >= 11 is 6.12. The van der Waals surface area contributed by atoms with E-state index in [1.165, 1.54) is 0 Å². The Morgan fingerprint density at radius 2 is 1.81 bits per heavy atom. The monoisotopic (exact) mass is 515 g/mol. The van der Waals surface area contributed by atoms with E-state index in [1.807, 2.05) is 44.3 Å². The molecule has 37 heavy (non-hydrogen) atoms. The van der Waals surface area contributed by atoms with Crippen LogP contribution in [-0.2, 0) is 19.1 Å². The number of nitrogens with one attached hydrogen (secondary N) is 1. The van der Waals surface area contributed by atoms with E-state index in [1.54, 1.807) is 53.2 Å². The number of rotatable bonds is 7. The highest BCUT2D eigenvalue weighted by molar-refractivity contribution is 6.30. The number of halogens is 1. The summed E-state index contributed by atoms with van der Waals surface area (Å²) in [4.78, 5) is 25.7. The third-order valence-corrected chi connectivity index (χ3v) is 6.39. The lowest BCUT2D eigenvalue weighted by Crippen LogP contribution is -2.30. The molecular weight excluding hydrogens is 490 g/mol. The fraction of sp³-hybridized carbons (Fsp3) is 0.222. The lowest BCUT2D eigenvalue weighted by Gasteiger charge is -2.22.